The molecule has 0 spiro atoms. The molecule has 0 saturated heterocycles. The summed E-state index contributed by atoms with van der Waals surface area (Å²) >= 11 is 0. The third kappa shape index (κ3) is 4.79. The average Bonchev–Trinajstić information content (AvgIpc) is 2.54. The number of benzene rings is 1. The van der Waals surface area contributed by atoms with E-state index < -0.39 is 16.1 Å². The van der Waals surface area contributed by atoms with Gasteiger partial charge in [-0.3, -0.25) is 4.79 Å². The molecule has 1 aromatic carbocycles. The normalized spacial score (nSPS) is 15.9. The van der Waals surface area contributed by atoms with Crippen LogP contribution in [0.3, 0.4) is 0 Å². The van der Waals surface area contributed by atoms with Gasteiger partial charge in [-0.15, -0.1) is 0 Å². The maximum Gasteiger partial charge on any atom is 0.328 e. The molecule has 1 aliphatic rings. The van der Waals surface area contributed by atoms with Crippen LogP contribution < -0.4 is 10.0 Å². The predicted molar refractivity (Wildman–Crippen MR) is 86.8 cm³/mol. The lowest BCUT2D eigenvalue weighted by molar-refractivity contribution is 0.0988. The quantitative estimate of drug-likeness (QED) is 0.807. The van der Waals surface area contributed by atoms with Crippen molar-refractivity contribution in [1.29, 1.82) is 0 Å². The van der Waals surface area contributed by atoms with E-state index in [-0.39, 0.29) is 16.7 Å². The predicted octanol–water partition coefficient (Wildman–Crippen LogP) is 2.60. The molecule has 1 aliphatic carbocycles. The number of urea groups is 1. The number of carbonyl (C=O) groups is 2. The molecule has 2 rings (SSSR count). The van der Waals surface area contributed by atoms with E-state index in [4.69, 9.17) is 0 Å². The van der Waals surface area contributed by atoms with Gasteiger partial charge in [-0.25, -0.2) is 17.9 Å². The molecule has 23 heavy (non-hydrogen) atoms. The van der Waals surface area contributed by atoms with Crippen LogP contribution in [-0.4, -0.2) is 26.3 Å². The Bertz CT molecular complexity index is 662. The highest BCUT2D eigenvalue weighted by Crippen LogP contribution is 2.17. The smallest absolute Gasteiger partial charge is 0.328 e. The van der Waals surface area contributed by atoms with Crippen molar-refractivity contribution in [1.82, 2.24) is 10.0 Å². The van der Waals surface area contributed by atoms with Crippen molar-refractivity contribution >= 4 is 21.8 Å². The number of hydrogen-bond donors (Lipinski definition) is 2. The van der Waals surface area contributed by atoms with Crippen molar-refractivity contribution in [3.8, 4) is 0 Å². The van der Waals surface area contributed by atoms with E-state index in [1.165, 1.54) is 24.3 Å². The Labute approximate surface area is 136 Å². The highest BCUT2D eigenvalue weighted by molar-refractivity contribution is 7.90. The highest BCUT2D eigenvalue weighted by Gasteiger charge is 2.21. The van der Waals surface area contributed by atoms with Crippen molar-refractivity contribution in [2.45, 2.75) is 56.4 Å². The summed E-state index contributed by atoms with van der Waals surface area (Å²) in [7, 11) is -3.93. The summed E-state index contributed by atoms with van der Waals surface area (Å²) in [4.78, 5) is 23.4. The van der Waals surface area contributed by atoms with E-state index in [0.717, 1.165) is 32.1 Å². The van der Waals surface area contributed by atoms with Crippen LogP contribution >= 0.6 is 0 Å². The Morgan fingerprint density at radius 2 is 1.70 bits per heavy atom. The molecular formula is C16H22N2O4S. The van der Waals surface area contributed by atoms with Gasteiger partial charge in [0, 0.05) is 18.0 Å². The van der Waals surface area contributed by atoms with Crippen molar-refractivity contribution in [2.24, 2.45) is 0 Å². The van der Waals surface area contributed by atoms with Crippen LogP contribution in [0.15, 0.2) is 29.2 Å². The molecule has 126 valence electrons. The van der Waals surface area contributed by atoms with Crippen molar-refractivity contribution in [3.05, 3.63) is 29.8 Å². The number of ketones is 1. The molecule has 0 bridgehead atoms. The first kappa shape index (κ1) is 17.5. The summed E-state index contributed by atoms with van der Waals surface area (Å²) < 4.78 is 26.4. The first-order valence-corrected chi connectivity index (χ1v) is 9.37. The first-order valence-electron chi connectivity index (χ1n) is 7.89. The summed E-state index contributed by atoms with van der Waals surface area (Å²) in [5.41, 5.74) is 0.457. The lowest BCUT2D eigenvalue weighted by Crippen LogP contribution is -2.45. The maximum absolute atomic E-state index is 12.2. The van der Waals surface area contributed by atoms with Gasteiger partial charge in [-0.1, -0.05) is 38.3 Å². The van der Waals surface area contributed by atoms with Gasteiger partial charge in [-0.05, 0) is 25.0 Å². The monoisotopic (exact) mass is 338 g/mol. The Morgan fingerprint density at radius 3 is 2.26 bits per heavy atom. The van der Waals surface area contributed by atoms with Crippen LogP contribution in [0.2, 0.25) is 0 Å². The number of sulfonamides is 1. The van der Waals surface area contributed by atoms with Crippen molar-refractivity contribution in [2.75, 3.05) is 0 Å². The molecule has 1 fully saturated rings. The Balaban J connectivity index is 2.00. The second kappa shape index (κ2) is 7.59. The fourth-order valence-electron chi connectivity index (χ4n) is 2.67. The summed E-state index contributed by atoms with van der Waals surface area (Å²) in [5, 5.41) is 2.70. The van der Waals surface area contributed by atoms with E-state index in [1.807, 2.05) is 4.72 Å². The van der Waals surface area contributed by atoms with Crippen LogP contribution in [0.25, 0.3) is 0 Å². The fourth-order valence-corrected chi connectivity index (χ4v) is 3.58. The van der Waals surface area contributed by atoms with E-state index in [9.17, 15) is 18.0 Å². The van der Waals surface area contributed by atoms with Crippen LogP contribution in [0, 0.1) is 0 Å². The third-order valence-corrected chi connectivity index (χ3v) is 5.32. The first-order chi connectivity index (χ1) is 10.9. The number of amides is 2. The third-order valence-electron chi connectivity index (χ3n) is 3.98. The van der Waals surface area contributed by atoms with Crippen LogP contribution in [0.5, 0.6) is 0 Å². The average molecular weight is 338 g/mol. The lowest BCUT2D eigenvalue weighted by atomic mass is 9.96. The van der Waals surface area contributed by atoms with E-state index in [1.54, 1.807) is 6.92 Å². The Morgan fingerprint density at radius 1 is 1.09 bits per heavy atom. The summed E-state index contributed by atoms with van der Waals surface area (Å²) in [5.74, 6) is -0.0584. The van der Waals surface area contributed by atoms with Crippen LogP contribution in [-0.2, 0) is 10.0 Å². The SMILES string of the molecule is CCC(=O)c1ccc(S(=O)(=O)NC(=O)NC2CCCCC2)cc1. The zero-order chi connectivity index (χ0) is 16.9. The van der Waals surface area contributed by atoms with Gasteiger partial charge in [0.25, 0.3) is 10.0 Å². The summed E-state index contributed by atoms with van der Waals surface area (Å²) in [6.07, 6.45) is 5.35. The molecule has 6 nitrogen and oxygen atoms in total. The molecule has 0 unspecified atom stereocenters. The van der Waals surface area contributed by atoms with Crippen LogP contribution in [0.4, 0.5) is 4.79 Å². The van der Waals surface area contributed by atoms with Gasteiger partial charge in [0.05, 0.1) is 4.90 Å². The molecule has 0 radical (unpaired) electrons. The molecule has 2 amide bonds. The minimum atomic E-state index is -3.93. The lowest BCUT2D eigenvalue weighted by Gasteiger charge is -2.22. The van der Waals surface area contributed by atoms with Gasteiger partial charge in [0.2, 0.25) is 0 Å². The Kier molecular flexibility index (Phi) is 5.76. The van der Waals surface area contributed by atoms with Gasteiger partial charge in [-0.2, -0.15) is 0 Å². The molecule has 0 heterocycles. The number of carbonyl (C=O) groups excluding carboxylic acids is 2. The molecular weight excluding hydrogens is 316 g/mol. The second-order valence-electron chi connectivity index (χ2n) is 5.72. The number of hydrogen-bond acceptors (Lipinski definition) is 4. The van der Waals surface area contributed by atoms with Crippen molar-refractivity contribution in [3.63, 3.8) is 0 Å². The minimum Gasteiger partial charge on any atom is -0.335 e. The van der Waals surface area contributed by atoms with Gasteiger partial charge < -0.3 is 5.32 Å². The zero-order valence-corrected chi connectivity index (χ0v) is 14.0. The zero-order valence-electron chi connectivity index (χ0n) is 13.2. The molecule has 0 atom stereocenters. The second-order valence-corrected chi connectivity index (χ2v) is 7.40. The number of nitrogens with one attached hydrogen (secondary N) is 2. The molecule has 2 N–H and O–H groups in total. The molecule has 0 aliphatic heterocycles. The van der Waals surface area contributed by atoms with E-state index >= 15 is 0 Å². The molecule has 1 aromatic rings. The van der Waals surface area contributed by atoms with Gasteiger partial charge in [0.1, 0.15) is 0 Å². The van der Waals surface area contributed by atoms with Crippen LogP contribution in [0.1, 0.15) is 55.8 Å². The van der Waals surface area contributed by atoms with Gasteiger partial charge >= 0.3 is 6.03 Å². The summed E-state index contributed by atoms with van der Waals surface area (Å²) in [6, 6.07) is 4.91. The standard InChI is InChI=1S/C16H22N2O4S/c1-2-15(19)12-8-10-14(11-9-12)23(21,22)18-16(20)17-13-6-4-3-5-7-13/h8-11,13H,2-7H2,1H3,(H2,17,18,20). The Hall–Kier alpha value is -1.89. The minimum absolute atomic E-state index is 0.0310. The van der Waals surface area contributed by atoms with E-state index in [2.05, 4.69) is 5.32 Å². The summed E-state index contributed by atoms with van der Waals surface area (Å²) in [6.45, 7) is 1.74. The molecule has 1 saturated carbocycles. The largest absolute Gasteiger partial charge is 0.335 e. The van der Waals surface area contributed by atoms with Gasteiger partial charge in [0.15, 0.2) is 5.78 Å². The topological polar surface area (TPSA) is 92.3 Å². The van der Waals surface area contributed by atoms with Crippen molar-refractivity contribution < 1.29 is 18.0 Å². The van der Waals surface area contributed by atoms with E-state index in [0.29, 0.717) is 12.0 Å². The number of Topliss-reactive ketones (excluding diaryl/α,β-unsaturated/α-hetero) is 1. The molecule has 0 aromatic heterocycles. The number of rotatable bonds is 5. The fraction of sp³-hybridized carbons (Fsp3) is 0.500. The molecule has 7 heteroatoms. The maximum atomic E-state index is 12.2. The highest BCUT2D eigenvalue weighted by atomic mass is 32.2.